The zero-order valence-corrected chi connectivity index (χ0v) is 7.56. The zero-order valence-electron chi connectivity index (χ0n) is 7.56. The van der Waals surface area contributed by atoms with E-state index in [4.69, 9.17) is 5.02 Å². The second-order valence-corrected chi connectivity index (χ2v) is 2.59. The van der Waals surface area contributed by atoms with Gasteiger partial charge in [-0.1, -0.05) is 18.2 Å². The van der Waals surface area contributed by atoms with Crippen molar-refractivity contribution in [1.82, 2.24) is 5.23 Å². The molecule has 0 saturated heterocycles. The number of hydrogen-bond donors (Lipinski definition) is 2. The van der Waals surface area contributed by atoms with Gasteiger partial charge in [-0.15, -0.1) is 0 Å². The molecule has 0 saturated carbocycles. The summed E-state index contributed by atoms with van der Waals surface area (Å²) in [5, 5.41) is 10.7. The van der Waals surface area contributed by atoms with Crippen LogP contribution in [0.25, 0.3) is 0 Å². The highest BCUT2D eigenvalue weighted by Gasteiger charge is 2.22. The van der Waals surface area contributed by atoms with Crippen LogP contribution < -0.4 is 5.23 Å². The van der Waals surface area contributed by atoms with Gasteiger partial charge >= 0.3 is 13.9 Å². The highest BCUT2D eigenvalue weighted by atomic mass is 19.3. The first-order chi connectivity index (χ1) is 7.09. The summed E-state index contributed by atoms with van der Waals surface area (Å²) in [6, 6.07) is 7.86. The first-order valence-electron chi connectivity index (χ1n) is 4.07. The van der Waals surface area contributed by atoms with Crippen molar-refractivity contribution in [3.63, 3.8) is 0 Å². The van der Waals surface area contributed by atoms with E-state index < -0.39 is 19.8 Å². The number of carbonyl (C=O) groups is 1. The summed E-state index contributed by atoms with van der Waals surface area (Å²) < 4.78 is 26.8. The fourth-order valence-electron chi connectivity index (χ4n) is 0.916. The van der Waals surface area contributed by atoms with Gasteiger partial charge in [-0.05, 0) is 12.1 Å². The lowest BCUT2D eigenvalue weighted by atomic mass is 10.1. The molecule has 7 heteroatoms. The number of hydrogen-bond acceptors (Lipinski definition) is 3. The van der Waals surface area contributed by atoms with Gasteiger partial charge < -0.3 is 14.9 Å². The van der Waals surface area contributed by atoms with E-state index in [0.717, 1.165) is 0 Å². The Morgan fingerprint density at radius 3 is 2.53 bits per heavy atom. The topological polar surface area (TPSA) is 58.6 Å². The van der Waals surface area contributed by atoms with Crippen molar-refractivity contribution < 1.29 is 23.3 Å². The van der Waals surface area contributed by atoms with E-state index in [1.165, 1.54) is 12.1 Å². The van der Waals surface area contributed by atoms with Crippen LogP contribution in [0.1, 0.15) is 10.4 Å². The molecule has 2 N–H and O–H groups in total. The van der Waals surface area contributed by atoms with Crippen LogP contribution >= 0.6 is 0 Å². The Kier molecular flexibility index (Phi) is 4.20. The molecule has 0 radical (unpaired) electrons. The number of alkyl halides is 2. The largest absolute Gasteiger partial charge is 0.594 e. The summed E-state index contributed by atoms with van der Waals surface area (Å²) in [4.78, 5) is 11.2. The SMILES string of the molecule is O=C(NB(O)OC(F)F)c1ccccc1. The van der Waals surface area contributed by atoms with Gasteiger partial charge in [0, 0.05) is 5.56 Å². The second-order valence-electron chi connectivity index (χ2n) is 2.59. The maximum absolute atomic E-state index is 11.6. The summed E-state index contributed by atoms with van der Waals surface area (Å²) in [6.07, 6.45) is 0. The van der Waals surface area contributed by atoms with E-state index in [1.807, 2.05) is 5.23 Å². The number of rotatable bonds is 4. The molecule has 15 heavy (non-hydrogen) atoms. The number of nitrogens with one attached hydrogen (secondary N) is 1. The smallest absolute Gasteiger partial charge is 0.408 e. The summed E-state index contributed by atoms with van der Waals surface area (Å²) in [5.74, 6) is -0.691. The van der Waals surface area contributed by atoms with Crippen molar-refractivity contribution in [3.05, 3.63) is 35.9 Å². The van der Waals surface area contributed by atoms with E-state index in [2.05, 4.69) is 4.65 Å². The minimum atomic E-state index is -3.14. The molecule has 1 aromatic carbocycles. The van der Waals surface area contributed by atoms with Crippen molar-refractivity contribution in [1.29, 1.82) is 0 Å². The van der Waals surface area contributed by atoms with Crippen molar-refractivity contribution in [2.75, 3.05) is 0 Å². The van der Waals surface area contributed by atoms with Crippen LogP contribution in [-0.2, 0) is 4.65 Å². The average molecular weight is 215 g/mol. The van der Waals surface area contributed by atoms with Gasteiger partial charge in [-0.25, -0.2) is 0 Å². The third-order valence-electron chi connectivity index (χ3n) is 1.52. The molecule has 1 aromatic rings. The molecule has 0 aliphatic carbocycles. The standard InChI is InChI=1S/C8H8BF2NO3/c10-8(11)15-9(14)12-7(13)6-4-2-1-3-5-6/h1-5,8,14H,(H,12,13). The van der Waals surface area contributed by atoms with Crippen molar-refractivity contribution >= 4 is 13.2 Å². The second kappa shape index (κ2) is 5.42. The molecule has 80 valence electrons. The minimum Gasteiger partial charge on any atom is -0.408 e. The van der Waals surface area contributed by atoms with Crippen LogP contribution in [0.3, 0.4) is 0 Å². The van der Waals surface area contributed by atoms with Crippen LogP contribution in [0, 0.1) is 0 Å². The van der Waals surface area contributed by atoms with Gasteiger partial charge in [0.25, 0.3) is 0 Å². The Labute approximate surface area is 85.0 Å². The van der Waals surface area contributed by atoms with Crippen LogP contribution in [0.4, 0.5) is 8.78 Å². The summed E-state index contributed by atoms with van der Waals surface area (Å²) >= 11 is 0. The molecule has 1 amide bonds. The fourth-order valence-corrected chi connectivity index (χ4v) is 0.916. The predicted octanol–water partition coefficient (Wildman–Crippen LogP) is 0.633. The summed E-state index contributed by atoms with van der Waals surface area (Å²) in [5.41, 5.74) is 0.245. The maximum atomic E-state index is 11.6. The Morgan fingerprint density at radius 1 is 1.40 bits per heavy atom. The lowest BCUT2D eigenvalue weighted by Gasteiger charge is -2.08. The molecule has 0 spiro atoms. The van der Waals surface area contributed by atoms with Gasteiger partial charge in [-0.3, -0.25) is 4.79 Å². The van der Waals surface area contributed by atoms with Crippen molar-refractivity contribution in [3.8, 4) is 0 Å². The molecule has 0 fully saturated rings. The summed E-state index contributed by atoms with van der Waals surface area (Å²) in [6.45, 7) is -3.14. The monoisotopic (exact) mass is 215 g/mol. The van der Waals surface area contributed by atoms with Crippen molar-refractivity contribution in [2.24, 2.45) is 0 Å². The third kappa shape index (κ3) is 4.05. The lowest BCUT2D eigenvalue weighted by molar-refractivity contribution is -0.0653. The van der Waals surface area contributed by atoms with Gasteiger partial charge in [0.1, 0.15) is 0 Å². The molecule has 0 heterocycles. The molecule has 0 bridgehead atoms. The van der Waals surface area contributed by atoms with Gasteiger partial charge in [0.05, 0.1) is 0 Å². The van der Waals surface area contributed by atoms with Gasteiger partial charge in [0.2, 0.25) is 5.91 Å². The maximum Gasteiger partial charge on any atom is 0.594 e. The lowest BCUT2D eigenvalue weighted by Crippen LogP contribution is -2.42. The number of halogens is 2. The predicted molar refractivity (Wildman–Crippen MR) is 49.0 cm³/mol. The average Bonchev–Trinajstić information content (AvgIpc) is 2.17. The van der Waals surface area contributed by atoms with E-state index >= 15 is 0 Å². The quantitative estimate of drug-likeness (QED) is 0.724. The Hall–Kier alpha value is -1.47. The number of benzene rings is 1. The normalized spacial score (nSPS) is 10.1. The van der Waals surface area contributed by atoms with Crippen LogP contribution in [0.2, 0.25) is 0 Å². The molecule has 0 unspecified atom stereocenters. The Balaban J connectivity index is 2.49. The van der Waals surface area contributed by atoms with Crippen LogP contribution in [0.5, 0.6) is 0 Å². The fraction of sp³-hybridized carbons (Fsp3) is 0.125. The highest BCUT2D eigenvalue weighted by Crippen LogP contribution is 1.99. The summed E-state index contributed by atoms with van der Waals surface area (Å²) in [7, 11) is -2.02. The first kappa shape index (κ1) is 11.6. The van der Waals surface area contributed by atoms with E-state index in [1.54, 1.807) is 18.2 Å². The van der Waals surface area contributed by atoms with E-state index in [-0.39, 0.29) is 5.56 Å². The van der Waals surface area contributed by atoms with E-state index in [0.29, 0.717) is 0 Å². The number of carbonyl (C=O) groups excluding carboxylic acids is 1. The molecule has 0 aliphatic rings. The molecular formula is C8H8BF2NO3. The van der Waals surface area contributed by atoms with Crippen molar-refractivity contribution in [2.45, 2.75) is 6.61 Å². The molecule has 4 nitrogen and oxygen atoms in total. The van der Waals surface area contributed by atoms with Crippen LogP contribution in [0.15, 0.2) is 30.3 Å². The molecule has 1 rings (SSSR count). The molecule has 0 aromatic heterocycles. The van der Waals surface area contributed by atoms with Gasteiger partial charge in [-0.2, -0.15) is 8.78 Å². The highest BCUT2D eigenvalue weighted by molar-refractivity contribution is 6.44. The molecular weight excluding hydrogens is 207 g/mol. The molecule has 0 atom stereocenters. The molecule has 0 aliphatic heterocycles. The third-order valence-corrected chi connectivity index (χ3v) is 1.52. The van der Waals surface area contributed by atoms with Gasteiger partial charge in [0.15, 0.2) is 0 Å². The number of amides is 1. The minimum absolute atomic E-state index is 0.245. The first-order valence-corrected chi connectivity index (χ1v) is 4.07. The Morgan fingerprint density at radius 2 is 2.00 bits per heavy atom. The zero-order chi connectivity index (χ0) is 11.3. The Bertz CT molecular complexity index is 323. The van der Waals surface area contributed by atoms with Crippen LogP contribution in [-0.4, -0.2) is 24.8 Å². The van der Waals surface area contributed by atoms with E-state index in [9.17, 15) is 13.6 Å².